The largest absolute Gasteiger partial charge is 0.326 e. The number of carbonyl (C=O) groups is 2. The Labute approximate surface area is 177 Å². The lowest BCUT2D eigenvalue weighted by atomic mass is 10.1. The highest BCUT2D eigenvalue weighted by Gasteiger charge is 2.18. The highest BCUT2D eigenvalue weighted by Crippen LogP contribution is 2.21. The Balaban J connectivity index is 1.63. The molecule has 1 atom stereocenters. The second-order valence-corrected chi connectivity index (χ2v) is 7.76. The highest BCUT2D eigenvalue weighted by atomic mass is 79.9. The number of rotatable bonds is 6. The van der Waals surface area contributed by atoms with E-state index in [0.717, 1.165) is 15.9 Å². The minimum Gasteiger partial charge on any atom is -0.326 e. The first kappa shape index (κ1) is 20.8. The predicted molar refractivity (Wildman–Crippen MR) is 115 cm³/mol. The molecule has 9 heteroatoms. The van der Waals surface area contributed by atoms with Crippen LogP contribution in [-0.2, 0) is 18.4 Å². The fourth-order valence-corrected chi connectivity index (χ4v) is 3.15. The minimum atomic E-state index is -0.308. The summed E-state index contributed by atoms with van der Waals surface area (Å²) in [5.74, 6) is -0.717. The van der Waals surface area contributed by atoms with E-state index in [1.807, 2.05) is 25.5 Å². The van der Waals surface area contributed by atoms with Crippen molar-refractivity contribution in [1.29, 1.82) is 0 Å². The lowest BCUT2D eigenvalue weighted by Gasteiger charge is -2.14. The van der Waals surface area contributed by atoms with Crippen molar-refractivity contribution in [3.63, 3.8) is 0 Å². The average molecular weight is 459 g/mol. The van der Waals surface area contributed by atoms with Gasteiger partial charge in [-0.1, -0.05) is 13.0 Å². The maximum absolute atomic E-state index is 12.6. The van der Waals surface area contributed by atoms with Crippen molar-refractivity contribution in [3.8, 4) is 0 Å². The van der Waals surface area contributed by atoms with Crippen LogP contribution in [0.25, 0.3) is 0 Å². The molecular formula is C20H23BrN6O2. The second kappa shape index (κ2) is 8.60. The Hall–Kier alpha value is -2.94. The fourth-order valence-electron chi connectivity index (χ4n) is 2.87. The molecule has 2 aromatic heterocycles. The quantitative estimate of drug-likeness (QED) is 0.590. The van der Waals surface area contributed by atoms with E-state index in [0.29, 0.717) is 23.6 Å². The molecule has 2 N–H and O–H groups in total. The highest BCUT2D eigenvalue weighted by molar-refractivity contribution is 9.10. The van der Waals surface area contributed by atoms with Crippen LogP contribution in [0.4, 0.5) is 11.4 Å². The summed E-state index contributed by atoms with van der Waals surface area (Å²) in [4.78, 5) is 24.9. The van der Waals surface area contributed by atoms with Gasteiger partial charge in [0.05, 0.1) is 22.6 Å². The van der Waals surface area contributed by atoms with E-state index in [-0.39, 0.29) is 17.7 Å². The third-order valence-electron chi connectivity index (χ3n) is 4.52. The van der Waals surface area contributed by atoms with E-state index < -0.39 is 0 Å². The summed E-state index contributed by atoms with van der Waals surface area (Å²) in [6.07, 6.45) is 1.70. The van der Waals surface area contributed by atoms with Gasteiger partial charge in [-0.3, -0.25) is 19.0 Å². The van der Waals surface area contributed by atoms with Gasteiger partial charge in [0.15, 0.2) is 5.69 Å². The number of nitrogens with zero attached hydrogens (tertiary/aromatic N) is 4. The number of benzene rings is 1. The van der Waals surface area contributed by atoms with Crippen LogP contribution in [0.5, 0.6) is 0 Å². The number of hydrogen-bond acceptors (Lipinski definition) is 4. The summed E-state index contributed by atoms with van der Waals surface area (Å²) < 4.78 is 4.35. The van der Waals surface area contributed by atoms with E-state index in [1.54, 1.807) is 48.3 Å². The minimum absolute atomic E-state index is 0.123. The molecule has 29 heavy (non-hydrogen) atoms. The Kier molecular flexibility index (Phi) is 6.17. The molecule has 8 nitrogen and oxygen atoms in total. The van der Waals surface area contributed by atoms with Gasteiger partial charge in [0.25, 0.3) is 5.91 Å². The van der Waals surface area contributed by atoms with E-state index in [4.69, 9.17) is 0 Å². The van der Waals surface area contributed by atoms with Gasteiger partial charge in [0.1, 0.15) is 0 Å². The zero-order chi connectivity index (χ0) is 21.1. The molecule has 0 bridgehead atoms. The van der Waals surface area contributed by atoms with Gasteiger partial charge in [-0.05, 0) is 54.0 Å². The lowest BCUT2D eigenvalue weighted by molar-refractivity contribution is -0.119. The molecule has 3 rings (SSSR count). The van der Waals surface area contributed by atoms with Gasteiger partial charge in [0, 0.05) is 30.3 Å². The van der Waals surface area contributed by atoms with Crippen molar-refractivity contribution in [2.24, 2.45) is 13.0 Å². The van der Waals surface area contributed by atoms with Crippen LogP contribution in [0.1, 0.15) is 28.8 Å². The first-order valence-corrected chi connectivity index (χ1v) is 9.95. The topological polar surface area (TPSA) is 93.8 Å². The summed E-state index contributed by atoms with van der Waals surface area (Å²) in [5.41, 5.74) is 3.39. The molecule has 0 fully saturated rings. The molecule has 152 valence electrons. The molecule has 1 unspecified atom stereocenters. The third-order valence-corrected chi connectivity index (χ3v) is 5.67. The van der Waals surface area contributed by atoms with Gasteiger partial charge >= 0.3 is 0 Å². The number of hydrogen-bond donors (Lipinski definition) is 2. The maximum Gasteiger partial charge on any atom is 0.276 e. The van der Waals surface area contributed by atoms with Crippen LogP contribution in [0, 0.1) is 19.8 Å². The van der Waals surface area contributed by atoms with Crippen LogP contribution >= 0.6 is 15.9 Å². The maximum atomic E-state index is 12.6. The number of halogens is 1. The number of carbonyl (C=O) groups excluding carboxylic acids is 2. The van der Waals surface area contributed by atoms with Crippen molar-refractivity contribution in [1.82, 2.24) is 19.6 Å². The summed E-state index contributed by atoms with van der Waals surface area (Å²) in [7, 11) is 1.75. The number of aromatic nitrogens is 4. The zero-order valence-electron chi connectivity index (χ0n) is 16.7. The van der Waals surface area contributed by atoms with Gasteiger partial charge in [0.2, 0.25) is 5.91 Å². The standard InChI is InChI=1S/C20H23BrN6O2/c1-12(11-27-14(3)18(21)13(2)24-27)19(28)22-15-6-5-7-16(10-15)23-20(29)17-8-9-26(4)25-17/h5-10,12H,11H2,1-4H3,(H,22,28)(H,23,29). The summed E-state index contributed by atoms with van der Waals surface area (Å²) in [6, 6.07) is 8.66. The van der Waals surface area contributed by atoms with E-state index in [1.165, 1.54) is 0 Å². The van der Waals surface area contributed by atoms with Gasteiger partial charge in [-0.25, -0.2) is 0 Å². The number of anilines is 2. The summed E-state index contributed by atoms with van der Waals surface area (Å²) in [5, 5.41) is 14.2. The fraction of sp³-hybridized carbons (Fsp3) is 0.300. The molecular weight excluding hydrogens is 436 g/mol. The van der Waals surface area contributed by atoms with Crippen molar-refractivity contribution in [2.45, 2.75) is 27.3 Å². The number of nitrogens with one attached hydrogen (secondary N) is 2. The average Bonchev–Trinajstić information content (AvgIpc) is 3.21. The number of aryl methyl sites for hydroxylation is 2. The van der Waals surface area contributed by atoms with Gasteiger partial charge in [-0.2, -0.15) is 10.2 Å². The molecule has 0 aliphatic rings. The Morgan fingerprint density at radius 3 is 2.41 bits per heavy atom. The molecule has 2 amide bonds. The molecule has 3 aromatic rings. The Morgan fingerprint density at radius 2 is 1.83 bits per heavy atom. The molecule has 0 spiro atoms. The van der Waals surface area contributed by atoms with Crippen LogP contribution in [-0.4, -0.2) is 31.4 Å². The van der Waals surface area contributed by atoms with Crippen LogP contribution in [0.3, 0.4) is 0 Å². The van der Waals surface area contributed by atoms with Crippen LogP contribution in [0.2, 0.25) is 0 Å². The molecule has 0 radical (unpaired) electrons. The molecule has 0 aliphatic carbocycles. The smallest absolute Gasteiger partial charge is 0.276 e. The molecule has 2 heterocycles. The van der Waals surface area contributed by atoms with Crippen molar-refractivity contribution < 1.29 is 9.59 Å². The number of amides is 2. The van der Waals surface area contributed by atoms with Crippen molar-refractivity contribution in [3.05, 3.63) is 58.1 Å². The Bertz CT molecular complexity index is 1060. The predicted octanol–water partition coefficient (Wildman–Crippen LogP) is 3.52. The van der Waals surface area contributed by atoms with E-state index >= 15 is 0 Å². The molecule has 0 saturated heterocycles. The van der Waals surface area contributed by atoms with Crippen LogP contribution < -0.4 is 10.6 Å². The molecule has 0 saturated carbocycles. The van der Waals surface area contributed by atoms with E-state index in [9.17, 15) is 9.59 Å². The first-order valence-electron chi connectivity index (χ1n) is 9.16. The van der Waals surface area contributed by atoms with Crippen LogP contribution in [0.15, 0.2) is 41.0 Å². The summed E-state index contributed by atoms with van der Waals surface area (Å²) in [6.45, 7) is 6.21. The zero-order valence-corrected chi connectivity index (χ0v) is 18.3. The Morgan fingerprint density at radius 1 is 1.14 bits per heavy atom. The van der Waals surface area contributed by atoms with Crippen molar-refractivity contribution in [2.75, 3.05) is 10.6 Å². The van der Waals surface area contributed by atoms with Gasteiger partial charge < -0.3 is 10.6 Å². The van der Waals surface area contributed by atoms with Crippen molar-refractivity contribution >= 4 is 39.1 Å². The normalized spacial score (nSPS) is 11.9. The molecule has 0 aliphatic heterocycles. The van der Waals surface area contributed by atoms with Gasteiger partial charge in [-0.15, -0.1) is 0 Å². The molecule has 1 aromatic carbocycles. The lowest BCUT2D eigenvalue weighted by Crippen LogP contribution is -2.25. The van der Waals surface area contributed by atoms with E-state index in [2.05, 4.69) is 36.8 Å². The SMILES string of the molecule is Cc1nn(CC(C)C(=O)Nc2cccc(NC(=O)c3ccn(C)n3)c2)c(C)c1Br. The summed E-state index contributed by atoms with van der Waals surface area (Å²) >= 11 is 3.50. The monoisotopic (exact) mass is 458 g/mol. The second-order valence-electron chi connectivity index (χ2n) is 6.97. The third kappa shape index (κ3) is 4.92. The first-order chi connectivity index (χ1) is 13.7.